The highest BCUT2D eigenvalue weighted by molar-refractivity contribution is 5.79. The average Bonchev–Trinajstić information content (AvgIpc) is 2.35. The van der Waals surface area contributed by atoms with Crippen LogP contribution in [0.25, 0.3) is 0 Å². The van der Waals surface area contributed by atoms with Crippen LogP contribution in [0.4, 0.5) is 0 Å². The van der Waals surface area contributed by atoms with E-state index in [1.165, 1.54) is 0 Å². The minimum absolute atomic E-state index is 0.0684. The van der Waals surface area contributed by atoms with Crippen LogP contribution >= 0.6 is 0 Å². The maximum absolute atomic E-state index is 12.0. The smallest absolute Gasteiger partial charge is 0.224 e. The van der Waals surface area contributed by atoms with Crippen molar-refractivity contribution in [3.8, 4) is 5.75 Å². The summed E-state index contributed by atoms with van der Waals surface area (Å²) in [5.41, 5.74) is 4.40. The Labute approximate surface area is 122 Å². The number of likely N-dealkylation sites (N-methyl/N-ethyl adjacent to an activating group) is 1. The van der Waals surface area contributed by atoms with Crippen molar-refractivity contribution in [1.82, 2.24) is 10.2 Å². The van der Waals surface area contributed by atoms with E-state index in [0.29, 0.717) is 13.0 Å². The number of methoxy groups -OCH3 is 1. The predicted octanol–water partition coefficient (Wildman–Crippen LogP) is 1.84. The number of carbonyl (C=O) groups excluding carboxylic acids is 1. The minimum atomic E-state index is 0.0684. The Morgan fingerprint density at radius 3 is 2.45 bits per heavy atom. The molecular formula is C16H26N2O2. The Kier molecular flexibility index (Phi) is 6.02. The molecule has 0 aliphatic carbocycles. The molecule has 112 valence electrons. The van der Waals surface area contributed by atoms with Crippen LogP contribution in [-0.4, -0.2) is 45.1 Å². The Hall–Kier alpha value is -1.55. The second kappa shape index (κ2) is 7.29. The molecule has 0 spiro atoms. The first kappa shape index (κ1) is 16.5. The molecule has 0 saturated carbocycles. The fraction of sp³-hybridized carbons (Fsp3) is 0.562. The summed E-state index contributed by atoms with van der Waals surface area (Å²) in [7, 11) is 5.67. The van der Waals surface area contributed by atoms with Crippen molar-refractivity contribution in [1.29, 1.82) is 0 Å². The lowest BCUT2D eigenvalue weighted by Crippen LogP contribution is -2.32. The van der Waals surface area contributed by atoms with Crippen molar-refractivity contribution in [2.24, 2.45) is 0 Å². The number of nitrogens with one attached hydrogen (secondary N) is 1. The van der Waals surface area contributed by atoms with Gasteiger partial charge in [0.1, 0.15) is 5.75 Å². The van der Waals surface area contributed by atoms with Gasteiger partial charge in [-0.1, -0.05) is 6.07 Å². The second-order valence-electron chi connectivity index (χ2n) is 5.47. The van der Waals surface area contributed by atoms with Gasteiger partial charge in [0.05, 0.1) is 13.5 Å². The fourth-order valence-corrected chi connectivity index (χ4v) is 2.29. The number of hydrogen-bond acceptors (Lipinski definition) is 3. The first-order valence-corrected chi connectivity index (χ1v) is 6.92. The summed E-state index contributed by atoms with van der Waals surface area (Å²) in [4.78, 5) is 14.0. The third kappa shape index (κ3) is 4.23. The Morgan fingerprint density at radius 1 is 1.25 bits per heavy atom. The molecule has 0 aliphatic heterocycles. The third-order valence-electron chi connectivity index (χ3n) is 3.57. The van der Waals surface area contributed by atoms with E-state index in [2.05, 4.69) is 5.32 Å². The summed E-state index contributed by atoms with van der Waals surface area (Å²) in [5, 5.41) is 2.95. The van der Waals surface area contributed by atoms with Crippen molar-refractivity contribution in [2.45, 2.75) is 27.2 Å². The van der Waals surface area contributed by atoms with Crippen LogP contribution in [0, 0.1) is 20.8 Å². The number of rotatable bonds is 6. The molecule has 20 heavy (non-hydrogen) atoms. The molecule has 1 N–H and O–H groups in total. The van der Waals surface area contributed by atoms with E-state index in [9.17, 15) is 4.79 Å². The lowest BCUT2D eigenvalue weighted by atomic mass is 9.96. The van der Waals surface area contributed by atoms with E-state index < -0.39 is 0 Å². The van der Waals surface area contributed by atoms with E-state index >= 15 is 0 Å². The lowest BCUT2D eigenvalue weighted by molar-refractivity contribution is -0.120. The highest BCUT2D eigenvalue weighted by Crippen LogP contribution is 2.28. The topological polar surface area (TPSA) is 41.6 Å². The van der Waals surface area contributed by atoms with Gasteiger partial charge < -0.3 is 15.0 Å². The summed E-state index contributed by atoms with van der Waals surface area (Å²) in [6, 6.07) is 2.05. The molecule has 0 aromatic heterocycles. The number of hydrogen-bond donors (Lipinski definition) is 1. The van der Waals surface area contributed by atoms with Gasteiger partial charge in [-0.05, 0) is 57.1 Å². The second-order valence-corrected chi connectivity index (χ2v) is 5.47. The zero-order chi connectivity index (χ0) is 15.3. The Bertz CT molecular complexity index is 482. The van der Waals surface area contributed by atoms with E-state index in [1.54, 1.807) is 7.11 Å². The summed E-state index contributed by atoms with van der Waals surface area (Å²) >= 11 is 0. The van der Waals surface area contributed by atoms with Crippen molar-refractivity contribution in [3.63, 3.8) is 0 Å². The molecule has 0 atom stereocenters. The summed E-state index contributed by atoms with van der Waals surface area (Å²) in [6.07, 6.45) is 0.422. The van der Waals surface area contributed by atoms with E-state index in [-0.39, 0.29) is 5.91 Å². The molecule has 4 heteroatoms. The average molecular weight is 278 g/mol. The summed E-state index contributed by atoms with van der Waals surface area (Å²) in [5.74, 6) is 0.984. The molecule has 0 heterocycles. The molecule has 1 aromatic rings. The highest BCUT2D eigenvalue weighted by atomic mass is 16.5. The number of aryl methyl sites for hydroxylation is 1. The van der Waals surface area contributed by atoms with Crippen LogP contribution in [0.3, 0.4) is 0 Å². The number of benzene rings is 1. The van der Waals surface area contributed by atoms with Crippen molar-refractivity contribution < 1.29 is 9.53 Å². The monoisotopic (exact) mass is 278 g/mol. The molecule has 0 aliphatic rings. The van der Waals surface area contributed by atoms with E-state index in [0.717, 1.165) is 34.5 Å². The van der Waals surface area contributed by atoms with Gasteiger partial charge >= 0.3 is 0 Å². The van der Waals surface area contributed by atoms with Crippen molar-refractivity contribution >= 4 is 5.91 Å². The van der Waals surface area contributed by atoms with Gasteiger partial charge in [-0.15, -0.1) is 0 Å². The maximum Gasteiger partial charge on any atom is 0.224 e. The quantitative estimate of drug-likeness (QED) is 0.863. The van der Waals surface area contributed by atoms with E-state index in [4.69, 9.17) is 4.74 Å². The molecule has 0 radical (unpaired) electrons. The van der Waals surface area contributed by atoms with E-state index in [1.807, 2.05) is 45.8 Å². The first-order valence-electron chi connectivity index (χ1n) is 6.92. The van der Waals surface area contributed by atoms with Gasteiger partial charge in [-0.25, -0.2) is 0 Å². The van der Waals surface area contributed by atoms with Crippen molar-refractivity contribution in [3.05, 3.63) is 28.3 Å². The van der Waals surface area contributed by atoms with Crippen LogP contribution in [-0.2, 0) is 11.2 Å². The van der Waals surface area contributed by atoms with Gasteiger partial charge in [0, 0.05) is 13.1 Å². The standard InChI is InChI=1S/C16H26N2O2/c1-11-9-14(12(2)13(3)16(11)20-6)10-15(19)17-7-8-18(4)5/h9H,7-8,10H2,1-6H3,(H,17,19). The SMILES string of the molecule is COc1c(C)cc(CC(=O)NCCN(C)C)c(C)c1C. The highest BCUT2D eigenvalue weighted by Gasteiger charge is 2.13. The molecule has 1 aromatic carbocycles. The number of ether oxygens (including phenoxy) is 1. The summed E-state index contributed by atoms with van der Waals surface area (Å²) < 4.78 is 5.40. The van der Waals surface area contributed by atoms with Crippen LogP contribution < -0.4 is 10.1 Å². The zero-order valence-corrected chi connectivity index (χ0v) is 13.5. The van der Waals surface area contributed by atoms with Crippen LogP contribution in [0.15, 0.2) is 6.07 Å². The van der Waals surface area contributed by atoms with Crippen molar-refractivity contribution in [2.75, 3.05) is 34.3 Å². The first-order chi connectivity index (χ1) is 9.36. The number of amides is 1. The zero-order valence-electron chi connectivity index (χ0n) is 13.5. The Balaban J connectivity index is 2.75. The third-order valence-corrected chi connectivity index (χ3v) is 3.57. The summed E-state index contributed by atoms with van der Waals surface area (Å²) in [6.45, 7) is 7.62. The van der Waals surface area contributed by atoms with Gasteiger partial charge in [0.25, 0.3) is 0 Å². The lowest BCUT2D eigenvalue weighted by Gasteiger charge is -2.16. The number of nitrogens with zero attached hydrogens (tertiary/aromatic N) is 1. The molecule has 0 saturated heterocycles. The van der Waals surface area contributed by atoms with Gasteiger partial charge in [0.2, 0.25) is 5.91 Å². The molecule has 0 unspecified atom stereocenters. The minimum Gasteiger partial charge on any atom is -0.496 e. The maximum atomic E-state index is 12.0. The van der Waals surface area contributed by atoms with Crippen LogP contribution in [0.5, 0.6) is 5.75 Å². The molecular weight excluding hydrogens is 252 g/mol. The molecule has 0 fully saturated rings. The molecule has 0 bridgehead atoms. The predicted molar refractivity (Wildman–Crippen MR) is 82.5 cm³/mol. The Morgan fingerprint density at radius 2 is 1.90 bits per heavy atom. The van der Waals surface area contributed by atoms with Gasteiger partial charge in [-0.3, -0.25) is 4.79 Å². The normalized spacial score (nSPS) is 10.8. The largest absolute Gasteiger partial charge is 0.496 e. The van der Waals surface area contributed by atoms with Crippen LogP contribution in [0.2, 0.25) is 0 Å². The molecule has 1 rings (SSSR count). The van der Waals surface area contributed by atoms with Gasteiger partial charge in [0.15, 0.2) is 0 Å². The van der Waals surface area contributed by atoms with Crippen LogP contribution in [0.1, 0.15) is 22.3 Å². The van der Waals surface area contributed by atoms with Gasteiger partial charge in [-0.2, -0.15) is 0 Å². The fourth-order valence-electron chi connectivity index (χ4n) is 2.29. The number of carbonyl (C=O) groups is 1. The molecule has 1 amide bonds. The molecule has 4 nitrogen and oxygen atoms in total.